The first-order valence-electron chi connectivity index (χ1n) is 10.1. The van der Waals surface area contributed by atoms with Crippen LogP contribution in [0.3, 0.4) is 0 Å². The number of benzene rings is 1. The summed E-state index contributed by atoms with van der Waals surface area (Å²) >= 11 is 0. The van der Waals surface area contributed by atoms with Crippen LogP contribution in [0.1, 0.15) is 60.5 Å². The third-order valence-corrected chi connectivity index (χ3v) is 14.6. The van der Waals surface area contributed by atoms with Crippen LogP contribution < -0.4 is 8.85 Å². The van der Waals surface area contributed by atoms with Crippen molar-refractivity contribution in [2.75, 3.05) is 6.54 Å². The highest BCUT2D eigenvalue weighted by molar-refractivity contribution is 6.75. The predicted molar refractivity (Wildman–Crippen MR) is 125 cm³/mol. The Bertz CT molecular complexity index is 607. The maximum Gasteiger partial charge on any atom is 0.250 e. The molecule has 154 valence electrons. The van der Waals surface area contributed by atoms with Gasteiger partial charge in [0.05, 0.1) is 0 Å². The fraction of sp³-hybridized carbons (Fsp3) is 0.682. The molecule has 1 aromatic carbocycles. The van der Waals surface area contributed by atoms with Gasteiger partial charge < -0.3 is 8.85 Å². The quantitative estimate of drug-likeness (QED) is 0.351. The van der Waals surface area contributed by atoms with Crippen molar-refractivity contribution < 1.29 is 8.85 Å². The second-order valence-electron chi connectivity index (χ2n) is 10.5. The Morgan fingerprint density at radius 2 is 1.22 bits per heavy atom. The first-order valence-corrected chi connectivity index (χ1v) is 15.9. The third kappa shape index (κ3) is 6.79. The lowest BCUT2D eigenvalue weighted by atomic mass is 10.2. The molecule has 0 atom stereocenters. The van der Waals surface area contributed by atoms with Crippen LogP contribution in [0.2, 0.25) is 36.3 Å². The molecule has 0 aromatic heterocycles. The van der Waals surface area contributed by atoms with Crippen LogP contribution in [0.15, 0.2) is 23.2 Å². The molecule has 0 radical (unpaired) electrons. The van der Waals surface area contributed by atoms with E-state index in [2.05, 4.69) is 97.8 Å². The Labute approximate surface area is 169 Å². The molecule has 27 heavy (non-hydrogen) atoms. The SMILES string of the molecule is CCCN=Cc1cc(O[Si](C)(C)C(C)(C)C)cc(O[Si](C)(C)C(C)(C)C)c1. The van der Waals surface area contributed by atoms with Gasteiger partial charge in [-0.3, -0.25) is 4.99 Å². The molecule has 0 saturated carbocycles. The van der Waals surface area contributed by atoms with E-state index in [0.717, 1.165) is 30.0 Å². The second-order valence-corrected chi connectivity index (χ2v) is 19.9. The van der Waals surface area contributed by atoms with E-state index >= 15 is 0 Å². The molecular formula is C22H41NO2Si2. The Morgan fingerprint density at radius 3 is 1.56 bits per heavy atom. The van der Waals surface area contributed by atoms with Gasteiger partial charge in [0.1, 0.15) is 11.5 Å². The van der Waals surface area contributed by atoms with E-state index in [1.54, 1.807) is 0 Å². The highest BCUT2D eigenvalue weighted by Gasteiger charge is 2.40. The Morgan fingerprint density at radius 1 is 0.815 bits per heavy atom. The van der Waals surface area contributed by atoms with E-state index < -0.39 is 16.6 Å². The van der Waals surface area contributed by atoms with Gasteiger partial charge in [-0.2, -0.15) is 0 Å². The first kappa shape index (κ1) is 24.0. The average molecular weight is 408 g/mol. The van der Waals surface area contributed by atoms with Crippen molar-refractivity contribution in [3.63, 3.8) is 0 Å². The van der Waals surface area contributed by atoms with Crippen LogP contribution in [-0.4, -0.2) is 29.4 Å². The lowest BCUT2D eigenvalue weighted by Crippen LogP contribution is -2.44. The standard InChI is InChI=1S/C22H41NO2Si2/c1-12-13-23-17-18-14-19(24-26(8,9)21(2,3)4)16-20(15-18)25-27(10,11)22(5,6)7/h14-17H,12-13H2,1-11H3. The highest BCUT2D eigenvalue weighted by Crippen LogP contribution is 2.40. The van der Waals surface area contributed by atoms with E-state index in [1.807, 2.05) is 6.21 Å². The summed E-state index contributed by atoms with van der Waals surface area (Å²) in [4.78, 5) is 4.52. The molecule has 0 unspecified atom stereocenters. The molecule has 5 heteroatoms. The van der Waals surface area contributed by atoms with Gasteiger partial charge in [0.15, 0.2) is 0 Å². The molecule has 0 spiro atoms. The third-order valence-electron chi connectivity index (χ3n) is 5.85. The number of hydrogen-bond donors (Lipinski definition) is 0. The molecule has 0 heterocycles. The monoisotopic (exact) mass is 407 g/mol. The fourth-order valence-corrected chi connectivity index (χ4v) is 4.01. The molecule has 1 aromatic rings. The average Bonchev–Trinajstić information content (AvgIpc) is 2.43. The van der Waals surface area contributed by atoms with Crippen molar-refractivity contribution >= 4 is 22.8 Å². The number of aliphatic imine (C=N–C) groups is 1. The molecule has 1 rings (SSSR count). The fourth-order valence-electron chi connectivity index (χ4n) is 1.98. The molecule has 0 aliphatic heterocycles. The van der Waals surface area contributed by atoms with Gasteiger partial charge in [0, 0.05) is 18.8 Å². The molecule has 0 fully saturated rings. The Hall–Kier alpha value is -1.08. The summed E-state index contributed by atoms with van der Waals surface area (Å²) in [6, 6.07) is 6.26. The van der Waals surface area contributed by atoms with E-state index in [0.29, 0.717) is 0 Å². The molecule has 0 amide bonds. The van der Waals surface area contributed by atoms with Crippen molar-refractivity contribution in [1.29, 1.82) is 0 Å². The summed E-state index contributed by atoms with van der Waals surface area (Å²) in [7, 11) is -3.83. The zero-order valence-electron chi connectivity index (χ0n) is 19.5. The zero-order chi connectivity index (χ0) is 21.1. The Balaban J connectivity index is 3.29. The van der Waals surface area contributed by atoms with Gasteiger partial charge in [0.25, 0.3) is 0 Å². The molecule has 0 aliphatic rings. The minimum absolute atomic E-state index is 0.153. The second kappa shape index (κ2) is 8.52. The highest BCUT2D eigenvalue weighted by atomic mass is 28.4. The van der Waals surface area contributed by atoms with Crippen molar-refractivity contribution in [3.8, 4) is 11.5 Å². The van der Waals surface area contributed by atoms with Crippen LogP contribution >= 0.6 is 0 Å². The maximum atomic E-state index is 6.57. The van der Waals surface area contributed by atoms with Gasteiger partial charge in [0.2, 0.25) is 16.6 Å². The number of hydrogen-bond acceptors (Lipinski definition) is 3. The van der Waals surface area contributed by atoms with E-state index in [4.69, 9.17) is 8.85 Å². The predicted octanol–water partition coefficient (Wildman–Crippen LogP) is 7.28. The van der Waals surface area contributed by atoms with Gasteiger partial charge in [-0.1, -0.05) is 48.5 Å². The van der Waals surface area contributed by atoms with E-state index in [-0.39, 0.29) is 10.1 Å². The van der Waals surface area contributed by atoms with Crippen LogP contribution in [0.25, 0.3) is 0 Å². The zero-order valence-corrected chi connectivity index (χ0v) is 21.5. The molecular weight excluding hydrogens is 366 g/mol. The molecule has 0 N–H and O–H groups in total. The minimum atomic E-state index is -1.91. The smallest absolute Gasteiger partial charge is 0.250 e. The number of rotatable bonds is 7. The van der Waals surface area contributed by atoms with E-state index in [9.17, 15) is 0 Å². The van der Waals surface area contributed by atoms with Gasteiger partial charge in [-0.15, -0.1) is 0 Å². The summed E-state index contributed by atoms with van der Waals surface area (Å²) in [6.07, 6.45) is 2.99. The summed E-state index contributed by atoms with van der Waals surface area (Å²) in [6.45, 7) is 25.7. The normalized spacial score (nSPS) is 13.9. The van der Waals surface area contributed by atoms with Crippen molar-refractivity contribution in [3.05, 3.63) is 23.8 Å². The summed E-state index contributed by atoms with van der Waals surface area (Å²) < 4.78 is 13.1. The van der Waals surface area contributed by atoms with Crippen molar-refractivity contribution in [1.82, 2.24) is 0 Å². The summed E-state index contributed by atoms with van der Waals surface area (Å²) in [5.74, 6) is 1.80. The molecule has 0 saturated heterocycles. The van der Waals surface area contributed by atoms with Crippen molar-refractivity contribution in [2.24, 2.45) is 4.99 Å². The Kier molecular flexibility index (Phi) is 7.56. The van der Waals surface area contributed by atoms with Gasteiger partial charge >= 0.3 is 0 Å². The number of nitrogens with zero attached hydrogens (tertiary/aromatic N) is 1. The lowest BCUT2D eigenvalue weighted by Gasteiger charge is -2.38. The minimum Gasteiger partial charge on any atom is -0.543 e. The van der Waals surface area contributed by atoms with E-state index in [1.165, 1.54) is 0 Å². The van der Waals surface area contributed by atoms with Gasteiger partial charge in [-0.25, -0.2) is 0 Å². The summed E-state index contributed by atoms with van der Waals surface area (Å²) in [5.41, 5.74) is 1.05. The van der Waals surface area contributed by atoms with Crippen LogP contribution in [0.4, 0.5) is 0 Å². The van der Waals surface area contributed by atoms with Crippen LogP contribution in [-0.2, 0) is 0 Å². The maximum absolute atomic E-state index is 6.57. The largest absolute Gasteiger partial charge is 0.543 e. The van der Waals surface area contributed by atoms with Gasteiger partial charge in [-0.05, 0) is 60.4 Å². The molecule has 3 nitrogen and oxygen atoms in total. The van der Waals surface area contributed by atoms with Crippen LogP contribution in [0.5, 0.6) is 11.5 Å². The topological polar surface area (TPSA) is 30.8 Å². The molecule has 0 bridgehead atoms. The molecule has 0 aliphatic carbocycles. The van der Waals surface area contributed by atoms with Crippen LogP contribution in [0, 0.1) is 0 Å². The summed E-state index contributed by atoms with van der Waals surface area (Å²) in [5, 5.41) is 0.305. The lowest BCUT2D eigenvalue weighted by molar-refractivity contribution is 0.474. The van der Waals surface area contributed by atoms with Crippen molar-refractivity contribution in [2.45, 2.75) is 91.2 Å². The first-order chi connectivity index (χ1) is 12.1.